The van der Waals surface area contributed by atoms with Crippen molar-refractivity contribution in [2.75, 3.05) is 0 Å². The smallest absolute Gasteiger partial charge is 0.205 e. The highest BCUT2D eigenvalue weighted by Crippen LogP contribution is 2.30. The molecule has 1 N–H and O–H groups in total. The van der Waals surface area contributed by atoms with Gasteiger partial charge in [-0.2, -0.15) is 15.0 Å². The molecular formula is C20H14N10. The Morgan fingerprint density at radius 1 is 1.03 bits per heavy atom. The molecule has 30 heavy (non-hydrogen) atoms. The summed E-state index contributed by atoms with van der Waals surface area (Å²) in [4.78, 5) is 4.26. The minimum Gasteiger partial charge on any atom is -0.293 e. The quantitative estimate of drug-likeness (QED) is 0.463. The number of nitrogens with zero attached hydrogens (tertiary/aromatic N) is 9. The number of fused-ring (bicyclic) bond motifs is 1. The van der Waals surface area contributed by atoms with Crippen molar-refractivity contribution in [3.8, 4) is 23.3 Å². The van der Waals surface area contributed by atoms with Gasteiger partial charge in [0.2, 0.25) is 5.65 Å². The zero-order valence-electron chi connectivity index (χ0n) is 15.8. The van der Waals surface area contributed by atoms with E-state index >= 15 is 0 Å². The summed E-state index contributed by atoms with van der Waals surface area (Å²) in [6.45, 7) is 1.87. The summed E-state index contributed by atoms with van der Waals surface area (Å²) in [5.74, 6) is 1.50. The van der Waals surface area contributed by atoms with Crippen molar-refractivity contribution in [2.24, 2.45) is 10.2 Å². The lowest BCUT2D eigenvalue weighted by Gasteiger charge is -2.01. The fourth-order valence-corrected chi connectivity index (χ4v) is 3.09. The molecule has 0 saturated heterocycles. The number of H-pyrrole nitrogens is 1. The molecule has 0 unspecified atom stereocenters. The van der Waals surface area contributed by atoms with Crippen molar-refractivity contribution < 1.29 is 0 Å². The van der Waals surface area contributed by atoms with Gasteiger partial charge in [-0.3, -0.25) is 5.10 Å². The average Bonchev–Trinajstić information content (AvgIpc) is 3.47. The molecule has 10 heteroatoms. The van der Waals surface area contributed by atoms with Crippen LogP contribution in [0.3, 0.4) is 0 Å². The average molecular weight is 394 g/mol. The van der Waals surface area contributed by atoms with Crippen LogP contribution in [-0.4, -0.2) is 34.6 Å². The molecule has 0 fully saturated rings. The van der Waals surface area contributed by atoms with Gasteiger partial charge in [0.15, 0.2) is 23.1 Å². The fraction of sp³-hybridized carbons (Fsp3) is 0.0500. The van der Waals surface area contributed by atoms with Gasteiger partial charge in [-0.15, -0.1) is 20.4 Å². The molecule has 5 aromatic rings. The molecule has 0 aliphatic carbocycles. The number of aromatic nitrogens is 7. The summed E-state index contributed by atoms with van der Waals surface area (Å²) in [5, 5.41) is 34.1. The first-order valence-corrected chi connectivity index (χ1v) is 9.06. The zero-order chi connectivity index (χ0) is 20.5. The topological polar surface area (TPSA) is 125 Å². The van der Waals surface area contributed by atoms with Crippen molar-refractivity contribution in [1.82, 2.24) is 34.6 Å². The highest BCUT2D eigenvalue weighted by Gasteiger charge is 2.17. The van der Waals surface area contributed by atoms with E-state index in [0.29, 0.717) is 28.5 Å². The molecule has 0 radical (unpaired) electrons. The Morgan fingerprint density at radius 2 is 1.87 bits per heavy atom. The van der Waals surface area contributed by atoms with Crippen LogP contribution in [0.25, 0.3) is 22.9 Å². The number of aryl methyl sites for hydroxylation is 1. The predicted octanol–water partition coefficient (Wildman–Crippen LogP) is 3.90. The standard InChI is InChI=1S/C20H14N10/c1-13-17(20-27-26-18(30(20)28-13)14-7-3-2-4-8-14)24-25-19-15(11-21)12-23-29(19)16-9-5-6-10-22-16/h2-10,12,28H,1H3. The number of hydrogen-bond acceptors (Lipinski definition) is 7. The lowest BCUT2D eigenvalue weighted by molar-refractivity contribution is 0.839. The van der Waals surface area contributed by atoms with Crippen LogP contribution >= 0.6 is 0 Å². The molecule has 0 aliphatic heterocycles. The molecule has 0 atom stereocenters. The summed E-state index contributed by atoms with van der Waals surface area (Å²) in [5.41, 5.74) is 3.05. The second-order valence-corrected chi connectivity index (χ2v) is 6.43. The first-order valence-electron chi connectivity index (χ1n) is 9.06. The summed E-state index contributed by atoms with van der Waals surface area (Å²) in [7, 11) is 0. The monoisotopic (exact) mass is 394 g/mol. The van der Waals surface area contributed by atoms with Crippen LogP contribution in [-0.2, 0) is 0 Å². The van der Waals surface area contributed by atoms with Crippen LogP contribution in [0, 0.1) is 18.3 Å². The van der Waals surface area contributed by atoms with E-state index in [1.54, 1.807) is 22.8 Å². The van der Waals surface area contributed by atoms with Crippen molar-refractivity contribution in [2.45, 2.75) is 6.92 Å². The van der Waals surface area contributed by atoms with E-state index in [0.717, 1.165) is 11.3 Å². The Labute approximate surface area is 170 Å². The van der Waals surface area contributed by atoms with Crippen molar-refractivity contribution in [3.63, 3.8) is 0 Å². The number of hydrogen-bond donors (Lipinski definition) is 1. The van der Waals surface area contributed by atoms with Gasteiger partial charge in [-0.25, -0.2) is 9.50 Å². The number of benzene rings is 1. The maximum Gasteiger partial charge on any atom is 0.205 e. The van der Waals surface area contributed by atoms with Crippen LogP contribution in [0.2, 0.25) is 0 Å². The molecule has 0 aliphatic rings. The van der Waals surface area contributed by atoms with Crippen LogP contribution in [0.5, 0.6) is 0 Å². The molecular weight excluding hydrogens is 380 g/mol. The van der Waals surface area contributed by atoms with Gasteiger partial charge >= 0.3 is 0 Å². The first-order chi connectivity index (χ1) is 14.8. The Hall–Kier alpha value is -4.65. The maximum atomic E-state index is 9.43. The molecule has 10 nitrogen and oxygen atoms in total. The van der Waals surface area contributed by atoms with E-state index in [1.165, 1.54) is 10.9 Å². The van der Waals surface area contributed by atoms with Gasteiger partial charge in [0, 0.05) is 11.8 Å². The molecule has 4 heterocycles. The van der Waals surface area contributed by atoms with Crippen molar-refractivity contribution >= 4 is 17.2 Å². The third-order valence-corrected chi connectivity index (χ3v) is 4.52. The Morgan fingerprint density at radius 3 is 2.63 bits per heavy atom. The molecule has 144 valence electrons. The van der Waals surface area contributed by atoms with Crippen LogP contribution in [0.1, 0.15) is 11.3 Å². The summed E-state index contributed by atoms with van der Waals surface area (Å²) >= 11 is 0. The molecule has 0 saturated carbocycles. The Bertz CT molecular complexity index is 1400. The Balaban J connectivity index is 1.59. The lowest BCUT2D eigenvalue weighted by atomic mass is 10.2. The van der Waals surface area contributed by atoms with Gasteiger partial charge < -0.3 is 0 Å². The molecule has 0 bridgehead atoms. The zero-order valence-corrected chi connectivity index (χ0v) is 15.8. The van der Waals surface area contributed by atoms with Gasteiger partial charge in [0.05, 0.1) is 11.9 Å². The van der Waals surface area contributed by atoms with E-state index in [1.807, 2.05) is 43.3 Å². The number of pyridine rings is 1. The Kier molecular flexibility index (Phi) is 4.11. The molecule has 1 aromatic carbocycles. The largest absolute Gasteiger partial charge is 0.293 e. The highest BCUT2D eigenvalue weighted by molar-refractivity contribution is 5.70. The van der Waals surface area contributed by atoms with Crippen LogP contribution in [0.15, 0.2) is 71.2 Å². The van der Waals surface area contributed by atoms with Gasteiger partial charge in [-0.1, -0.05) is 36.4 Å². The van der Waals surface area contributed by atoms with Gasteiger partial charge in [-0.05, 0) is 19.1 Å². The SMILES string of the molecule is Cc1[nH]n2c(-c3ccccc3)nnc2c1N=Nc1c(C#N)cnn1-c1ccccn1. The maximum absolute atomic E-state index is 9.43. The second kappa shape index (κ2) is 7.06. The van der Waals surface area contributed by atoms with Gasteiger partial charge in [0.25, 0.3) is 0 Å². The highest BCUT2D eigenvalue weighted by atomic mass is 15.4. The molecule has 4 aromatic heterocycles. The second-order valence-electron chi connectivity index (χ2n) is 6.43. The number of nitriles is 1. The number of aromatic amines is 1. The number of nitrogens with one attached hydrogen (secondary N) is 1. The van der Waals surface area contributed by atoms with E-state index in [2.05, 4.69) is 41.7 Å². The van der Waals surface area contributed by atoms with E-state index < -0.39 is 0 Å². The fourth-order valence-electron chi connectivity index (χ4n) is 3.09. The van der Waals surface area contributed by atoms with Crippen molar-refractivity contribution in [1.29, 1.82) is 5.26 Å². The summed E-state index contributed by atoms with van der Waals surface area (Å²) in [6.07, 6.45) is 3.08. The van der Waals surface area contributed by atoms with Crippen molar-refractivity contribution in [3.05, 3.63) is 72.2 Å². The minimum absolute atomic E-state index is 0.290. The van der Waals surface area contributed by atoms with E-state index in [4.69, 9.17) is 0 Å². The third-order valence-electron chi connectivity index (χ3n) is 4.52. The predicted molar refractivity (Wildman–Crippen MR) is 108 cm³/mol. The minimum atomic E-state index is 0.290. The molecule has 0 amide bonds. The van der Waals surface area contributed by atoms with Crippen LogP contribution in [0.4, 0.5) is 11.5 Å². The van der Waals surface area contributed by atoms with E-state index in [9.17, 15) is 5.26 Å². The third kappa shape index (κ3) is 2.82. The number of rotatable bonds is 4. The lowest BCUT2D eigenvalue weighted by Crippen LogP contribution is -1.97. The first kappa shape index (κ1) is 17.4. The summed E-state index contributed by atoms with van der Waals surface area (Å²) < 4.78 is 3.24. The summed E-state index contributed by atoms with van der Waals surface area (Å²) in [6, 6.07) is 17.2. The van der Waals surface area contributed by atoms with Gasteiger partial charge in [0.1, 0.15) is 11.6 Å². The van der Waals surface area contributed by atoms with Crippen LogP contribution < -0.4 is 0 Å². The number of azo groups is 1. The van der Waals surface area contributed by atoms with E-state index in [-0.39, 0.29) is 5.82 Å². The normalized spacial score (nSPS) is 11.3. The molecule has 5 rings (SSSR count). The molecule has 0 spiro atoms.